The zero-order chi connectivity index (χ0) is 15.1. The van der Waals surface area contributed by atoms with Crippen molar-refractivity contribution in [3.63, 3.8) is 0 Å². The first-order valence-corrected chi connectivity index (χ1v) is 7.97. The molecule has 0 spiro atoms. The molecule has 3 nitrogen and oxygen atoms in total. The maximum absolute atomic E-state index is 5.74. The molecule has 1 heterocycles. The van der Waals surface area contributed by atoms with Gasteiger partial charge in [0.2, 0.25) is 0 Å². The van der Waals surface area contributed by atoms with Crippen molar-refractivity contribution in [1.82, 2.24) is 4.90 Å². The van der Waals surface area contributed by atoms with Gasteiger partial charge in [0.05, 0.1) is 12.7 Å². The van der Waals surface area contributed by atoms with Crippen LogP contribution in [0.25, 0.3) is 5.57 Å². The fourth-order valence-electron chi connectivity index (χ4n) is 2.61. The lowest BCUT2D eigenvalue weighted by atomic mass is 10.0. The second-order valence-corrected chi connectivity index (χ2v) is 6.19. The molecule has 2 rings (SSSR count). The molecular weight excluding hydrogens is 331 g/mol. The number of hydrogen-bond donors (Lipinski definition) is 1. The molecule has 0 aliphatic carbocycles. The average Bonchev–Trinajstić information content (AvgIpc) is 2.52. The van der Waals surface area contributed by atoms with Crippen LogP contribution < -0.4 is 5.73 Å². The highest BCUT2D eigenvalue weighted by atomic mass is 35.5. The molecule has 23 heavy (non-hydrogen) atoms. The lowest BCUT2D eigenvalue weighted by Gasteiger charge is -2.33. The fraction of sp³-hybridized carbons (Fsp3) is 0.556. The van der Waals surface area contributed by atoms with E-state index in [0.29, 0.717) is 12.5 Å². The molecule has 1 aromatic carbocycles. The Balaban J connectivity index is 0.00000242. The molecule has 2 N–H and O–H groups in total. The van der Waals surface area contributed by atoms with Gasteiger partial charge in [-0.2, -0.15) is 0 Å². The van der Waals surface area contributed by atoms with Gasteiger partial charge in [-0.3, -0.25) is 4.90 Å². The van der Waals surface area contributed by atoms with Gasteiger partial charge in [0.15, 0.2) is 0 Å². The molecule has 1 aromatic rings. The number of rotatable bonds is 6. The zero-order valence-corrected chi connectivity index (χ0v) is 15.7. The first kappa shape index (κ1) is 22.4. The Kier molecular flexibility index (Phi) is 11.6. The Morgan fingerprint density at radius 2 is 2.00 bits per heavy atom. The van der Waals surface area contributed by atoms with Gasteiger partial charge in [-0.1, -0.05) is 50.3 Å². The van der Waals surface area contributed by atoms with E-state index in [9.17, 15) is 0 Å². The predicted octanol–water partition coefficient (Wildman–Crippen LogP) is 3.62. The number of ether oxygens (including phenoxy) is 1. The quantitative estimate of drug-likeness (QED) is 0.841. The Morgan fingerprint density at radius 3 is 2.61 bits per heavy atom. The number of nitrogens with zero attached hydrogens (tertiary/aromatic N) is 1. The highest BCUT2D eigenvalue weighted by Gasteiger charge is 2.20. The smallest absolute Gasteiger partial charge is 0.0824 e. The summed E-state index contributed by atoms with van der Waals surface area (Å²) in [7, 11) is 0. The van der Waals surface area contributed by atoms with Crippen molar-refractivity contribution in [2.24, 2.45) is 11.7 Å². The first-order valence-electron chi connectivity index (χ1n) is 7.97. The Labute approximate surface area is 153 Å². The second kappa shape index (κ2) is 11.9. The van der Waals surface area contributed by atoms with E-state index >= 15 is 0 Å². The van der Waals surface area contributed by atoms with Gasteiger partial charge in [-0.25, -0.2) is 0 Å². The van der Waals surface area contributed by atoms with Crippen molar-refractivity contribution in [1.29, 1.82) is 0 Å². The number of nitrogens with two attached hydrogens (primary N) is 1. The fourth-order valence-corrected chi connectivity index (χ4v) is 2.61. The van der Waals surface area contributed by atoms with E-state index in [2.05, 4.69) is 55.2 Å². The van der Waals surface area contributed by atoms with Crippen molar-refractivity contribution < 1.29 is 4.74 Å². The van der Waals surface area contributed by atoms with Gasteiger partial charge in [-0.15, -0.1) is 24.8 Å². The minimum Gasteiger partial charge on any atom is -0.374 e. The first-order chi connectivity index (χ1) is 10.2. The molecule has 0 amide bonds. The maximum atomic E-state index is 5.74. The summed E-state index contributed by atoms with van der Waals surface area (Å²) < 4.78 is 5.66. The Bertz CT molecular complexity index is 452. The van der Waals surface area contributed by atoms with Crippen LogP contribution >= 0.6 is 24.8 Å². The van der Waals surface area contributed by atoms with Crippen molar-refractivity contribution in [3.8, 4) is 0 Å². The molecule has 0 bridgehead atoms. The summed E-state index contributed by atoms with van der Waals surface area (Å²) in [4.78, 5) is 2.46. The summed E-state index contributed by atoms with van der Waals surface area (Å²) >= 11 is 0. The van der Waals surface area contributed by atoms with Crippen LogP contribution in [-0.4, -0.2) is 43.8 Å². The molecule has 1 atom stereocenters. The van der Waals surface area contributed by atoms with E-state index in [1.54, 1.807) is 0 Å². The van der Waals surface area contributed by atoms with E-state index < -0.39 is 0 Å². The molecule has 0 radical (unpaired) electrons. The lowest BCUT2D eigenvalue weighted by Crippen LogP contribution is -2.46. The van der Waals surface area contributed by atoms with Crippen LogP contribution in [-0.2, 0) is 4.74 Å². The molecule has 1 fully saturated rings. The second-order valence-electron chi connectivity index (χ2n) is 6.19. The normalized spacial score (nSPS) is 19.1. The highest BCUT2D eigenvalue weighted by molar-refractivity contribution is 5.85. The van der Waals surface area contributed by atoms with E-state index in [-0.39, 0.29) is 30.9 Å². The van der Waals surface area contributed by atoms with Crippen LogP contribution in [0.3, 0.4) is 0 Å². The SMILES string of the molecule is CC(C)CC=C(CN1CCOC(CN)C1)c1ccccc1.Cl.Cl. The molecule has 1 saturated heterocycles. The molecule has 1 unspecified atom stereocenters. The van der Waals surface area contributed by atoms with Crippen LogP contribution in [0.1, 0.15) is 25.8 Å². The topological polar surface area (TPSA) is 38.5 Å². The summed E-state index contributed by atoms with van der Waals surface area (Å²) in [6.07, 6.45) is 3.70. The summed E-state index contributed by atoms with van der Waals surface area (Å²) in [5, 5.41) is 0. The van der Waals surface area contributed by atoms with Gasteiger partial charge < -0.3 is 10.5 Å². The van der Waals surface area contributed by atoms with E-state index in [0.717, 1.165) is 32.7 Å². The van der Waals surface area contributed by atoms with Crippen molar-refractivity contribution >= 4 is 30.4 Å². The number of benzene rings is 1. The van der Waals surface area contributed by atoms with Gasteiger partial charge in [0.1, 0.15) is 0 Å². The van der Waals surface area contributed by atoms with Crippen LogP contribution in [0.4, 0.5) is 0 Å². The zero-order valence-electron chi connectivity index (χ0n) is 14.1. The van der Waals surface area contributed by atoms with E-state index in [1.807, 2.05) is 0 Å². The summed E-state index contributed by atoms with van der Waals surface area (Å²) in [5.41, 5.74) is 8.49. The molecule has 5 heteroatoms. The number of morpholine rings is 1. The third-order valence-corrected chi connectivity index (χ3v) is 3.86. The summed E-state index contributed by atoms with van der Waals surface area (Å²) in [6.45, 7) is 8.82. The Morgan fingerprint density at radius 1 is 1.30 bits per heavy atom. The van der Waals surface area contributed by atoms with E-state index in [1.165, 1.54) is 11.1 Å². The molecule has 0 saturated carbocycles. The van der Waals surface area contributed by atoms with Gasteiger partial charge in [0, 0.05) is 26.2 Å². The number of hydrogen-bond acceptors (Lipinski definition) is 3. The number of halogens is 2. The van der Waals surface area contributed by atoms with Gasteiger partial charge >= 0.3 is 0 Å². The van der Waals surface area contributed by atoms with Gasteiger partial charge in [-0.05, 0) is 23.5 Å². The largest absolute Gasteiger partial charge is 0.374 e. The third-order valence-electron chi connectivity index (χ3n) is 3.86. The maximum Gasteiger partial charge on any atom is 0.0824 e. The van der Waals surface area contributed by atoms with Crippen molar-refractivity contribution in [2.45, 2.75) is 26.4 Å². The number of allylic oxidation sites excluding steroid dienone is 1. The minimum absolute atomic E-state index is 0. The Hall–Kier alpha value is -0.580. The third kappa shape index (κ3) is 7.69. The van der Waals surface area contributed by atoms with E-state index in [4.69, 9.17) is 10.5 Å². The predicted molar refractivity (Wildman–Crippen MR) is 104 cm³/mol. The van der Waals surface area contributed by atoms with Crippen LogP contribution in [0.5, 0.6) is 0 Å². The van der Waals surface area contributed by atoms with Crippen LogP contribution in [0.15, 0.2) is 36.4 Å². The van der Waals surface area contributed by atoms with Crippen LogP contribution in [0.2, 0.25) is 0 Å². The molecule has 1 aliphatic heterocycles. The van der Waals surface area contributed by atoms with Crippen LogP contribution in [0, 0.1) is 5.92 Å². The lowest BCUT2D eigenvalue weighted by molar-refractivity contribution is -0.0183. The molecular formula is C18H30Cl2N2O. The molecule has 132 valence electrons. The van der Waals surface area contributed by atoms with Gasteiger partial charge in [0.25, 0.3) is 0 Å². The highest BCUT2D eigenvalue weighted by Crippen LogP contribution is 2.19. The monoisotopic (exact) mass is 360 g/mol. The van der Waals surface area contributed by atoms with Crippen molar-refractivity contribution in [2.75, 3.05) is 32.8 Å². The summed E-state index contributed by atoms with van der Waals surface area (Å²) in [5.74, 6) is 0.685. The standard InChI is InChI=1S/C18H28N2O.2ClH/c1-15(2)8-9-17(16-6-4-3-5-7-16)13-20-10-11-21-18(12-19)14-20;;/h3-7,9,15,18H,8,10-14,19H2,1-2H3;2*1H. The molecule has 0 aromatic heterocycles. The summed E-state index contributed by atoms with van der Waals surface area (Å²) in [6, 6.07) is 10.7. The molecule has 1 aliphatic rings. The average molecular weight is 361 g/mol. The minimum atomic E-state index is 0. The van der Waals surface area contributed by atoms with Crippen molar-refractivity contribution in [3.05, 3.63) is 42.0 Å².